The average molecular weight is 729 g/mol. The van der Waals surface area contributed by atoms with E-state index in [2.05, 4.69) is 165 Å². The Labute approximate surface area is 330 Å². The van der Waals surface area contributed by atoms with Crippen LogP contribution in [0.15, 0.2) is 185 Å². The fourth-order valence-corrected chi connectivity index (χ4v) is 7.31. The van der Waals surface area contributed by atoms with Crippen molar-refractivity contribution in [1.29, 1.82) is 0 Å². The van der Waals surface area contributed by atoms with Gasteiger partial charge in [-0.25, -0.2) is 0 Å². The third kappa shape index (κ3) is 7.62. The second-order valence-electron chi connectivity index (χ2n) is 13.7. The molecule has 0 unspecified atom stereocenters. The number of allylic oxidation sites excluding steroid dienone is 2. The Morgan fingerprint density at radius 3 is 1.84 bits per heavy atom. The van der Waals surface area contributed by atoms with Gasteiger partial charge in [0.25, 0.3) is 0 Å². The smallest absolute Gasteiger partial charge is 0.143 e. The van der Waals surface area contributed by atoms with Gasteiger partial charge in [-0.1, -0.05) is 159 Å². The molecule has 0 radical (unpaired) electrons. The maximum atomic E-state index is 6.84. The van der Waals surface area contributed by atoms with Crippen molar-refractivity contribution < 1.29 is 4.42 Å². The summed E-state index contributed by atoms with van der Waals surface area (Å²) in [6, 6.07) is 57.6. The van der Waals surface area contributed by atoms with Crippen LogP contribution in [-0.4, -0.2) is 5.71 Å². The van der Waals surface area contributed by atoms with E-state index in [1.165, 1.54) is 22.3 Å². The van der Waals surface area contributed by atoms with Gasteiger partial charge in [-0.3, -0.25) is 4.99 Å². The minimum atomic E-state index is 0.697. The first kappa shape index (κ1) is 37.6. The fourth-order valence-electron chi connectivity index (χ4n) is 7.31. The van der Waals surface area contributed by atoms with Gasteiger partial charge < -0.3 is 10.2 Å². The van der Waals surface area contributed by atoms with Crippen LogP contribution in [0.2, 0.25) is 0 Å². The number of hydrogen-bond acceptors (Lipinski definition) is 3. The topological polar surface area (TPSA) is 51.5 Å². The van der Waals surface area contributed by atoms with Crippen LogP contribution in [0.1, 0.15) is 51.3 Å². The molecule has 0 atom stereocenters. The molecule has 276 valence electrons. The van der Waals surface area contributed by atoms with Crippen molar-refractivity contribution in [2.75, 3.05) is 5.73 Å². The molecule has 0 bridgehead atoms. The number of hydrogen-bond donors (Lipinski definition) is 1. The highest BCUT2D eigenvalue weighted by Gasteiger charge is 2.17. The van der Waals surface area contributed by atoms with Gasteiger partial charge >= 0.3 is 0 Å². The Hall–Kier alpha value is -6.71. The van der Waals surface area contributed by atoms with Crippen molar-refractivity contribution in [1.82, 2.24) is 0 Å². The van der Waals surface area contributed by atoms with Gasteiger partial charge in [0.1, 0.15) is 11.2 Å². The normalized spacial score (nSPS) is 11.5. The number of rotatable bonds is 6. The molecular weight excluding hydrogens is 681 g/mol. The zero-order chi connectivity index (χ0) is 39.0. The first-order valence-electron chi connectivity index (χ1n) is 19.5. The van der Waals surface area contributed by atoms with Crippen molar-refractivity contribution in [3.8, 4) is 22.3 Å². The third-order valence-electron chi connectivity index (χ3n) is 10.1. The van der Waals surface area contributed by atoms with Crippen LogP contribution in [0.4, 0.5) is 11.4 Å². The van der Waals surface area contributed by atoms with Gasteiger partial charge in [-0.15, -0.1) is 0 Å². The minimum absolute atomic E-state index is 0.697. The Morgan fingerprint density at radius 2 is 1.14 bits per heavy atom. The molecule has 8 aromatic carbocycles. The van der Waals surface area contributed by atoms with E-state index >= 15 is 0 Å². The molecule has 0 saturated heterocycles. The number of nitrogens with zero attached hydrogens (tertiary/aromatic N) is 1. The number of nitrogens with two attached hydrogens (primary N) is 1. The van der Waals surface area contributed by atoms with Gasteiger partial charge in [0.05, 0.1) is 11.4 Å². The summed E-state index contributed by atoms with van der Waals surface area (Å²) < 4.78 is 6.69. The van der Waals surface area contributed by atoms with E-state index < -0.39 is 0 Å². The number of nitrogen functional groups attached to an aromatic ring is 1. The van der Waals surface area contributed by atoms with Gasteiger partial charge in [0.15, 0.2) is 0 Å². The van der Waals surface area contributed by atoms with Crippen molar-refractivity contribution in [3.63, 3.8) is 0 Å². The lowest BCUT2D eigenvalue weighted by atomic mass is 9.94. The van der Waals surface area contributed by atoms with Crippen LogP contribution < -0.4 is 5.73 Å². The number of aliphatic imine (C=N–C) groups is 1. The summed E-state index contributed by atoms with van der Waals surface area (Å²) in [4.78, 5) is 5.22. The second-order valence-corrected chi connectivity index (χ2v) is 13.7. The number of fused-ring (bicyclic) bond motifs is 6. The van der Waals surface area contributed by atoms with Crippen LogP contribution in [0.3, 0.4) is 0 Å². The lowest BCUT2D eigenvalue weighted by Gasteiger charge is -2.13. The number of benzene rings is 8. The SMILES string of the molecule is C/C=C\C.CC.CC(=Nc1c(N)c2ccccc2c2ccccc12)c1cccc(-c2cc(Cc3ccccc3)cc3c2oc2ccc(-c4ccccc4)cc23)c1. The molecule has 9 aromatic rings. The highest BCUT2D eigenvalue weighted by Crippen LogP contribution is 2.42. The van der Waals surface area contributed by atoms with Crippen LogP contribution in [-0.2, 0) is 6.42 Å². The van der Waals surface area contributed by atoms with E-state index in [1.807, 2.05) is 45.9 Å². The molecule has 0 aliphatic heterocycles. The zero-order valence-electron chi connectivity index (χ0n) is 32.9. The summed E-state index contributed by atoms with van der Waals surface area (Å²) in [7, 11) is 0. The molecule has 0 aliphatic carbocycles. The largest absolute Gasteiger partial charge is 0.455 e. The van der Waals surface area contributed by atoms with Crippen LogP contribution in [0.5, 0.6) is 0 Å². The summed E-state index contributed by atoms with van der Waals surface area (Å²) in [5.41, 5.74) is 19.0. The summed E-state index contributed by atoms with van der Waals surface area (Å²) in [6.45, 7) is 10.1. The van der Waals surface area contributed by atoms with Crippen molar-refractivity contribution >= 4 is 60.6 Å². The Bertz CT molecular complexity index is 2820. The predicted octanol–water partition coefficient (Wildman–Crippen LogP) is 15.1. The lowest BCUT2D eigenvalue weighted by Crippen LogP contribution is -1.97. The van der Waals surface area contributed by atoms with E-state index in [-0.39, 0.29) is 0 Å². The first-order valence-corrected chi connectivity index (χ1v) is 19.5. The Kier molecular flexibility index (Phi) is 11.5. The number of anilines is 1. The minimum Gasteiger partial charge on any atom is -0.455 e. The molecule has 56 heavy (non-hydrogen) atoms. The fraction of sp³-hybridized carbons (Fsp3) is 0.113. The van der Waals surface area contributed by atoms with E-state index in [4.69, 9.17) is 15.1 Å². The molecule has 3 nitrogen and oxygen atoms in total. The molecule has 0 aliphatic rings. The standard InChI is InChI=1S/C47H34N2O.C4H8.C2H6/c1-30(49-46-40-22-11-9-20-38(40)37-19-8-10-21-39(37)45(46)48)34-17-12-18-36(28-34)41-26-32(25-31-13-4-2-5-14-31)27-43-42-29-35(33-15-6-3-7-16-33)23-24-44(42)50-47(41)43;1-3-4-2;1-2/h2-24,26-29H,25,48H2,1H3;3-4H,1-2H3;1-2H3/b;4-3-;. The van der Waals surface area contributed by atoms with E-state index in [0.29, 0.717) is 5.69 Å². The molecular formula is C53H48N2O. The van der Waals surface area contributed by atoms with Crippen LogP contribution in [0, 0.1) is 0 Å². The molecule has 0 saturated carbocycles. The quantitative estimate of drug-likeness (QED) is 0.0802. The molecule has 2 N–H and O–H groups in total. The average Bonchev–Trinajstić information content (AvgIpc) is 3.64. The number of furan rings is 1. The van der Waals surface area contributed by atoms with Crippen LogP contribution in [0.25, 0.3) is 65.7 Å². The van der Waals surface area contributed by atoms with Gasteiger partial charge in [-0.05, 0) is 102 Å². The van der Waals surface area contributed by atoms with Gasteiger partial charge in [0.2, 0.25) is 0 Å². The summed E-state index contributed by atoms with van der Waals surface area (Å²) in [5, 5.41) is 6.59. The highest BCUT2D eigenvalue weighted by atomic mass is 16.3. The molecule has 1 aromatic heterocycles. The highest BCUT2D eigenvalue weighted by molar-refractivity contribution is 6.20. The second kappa shape index (κ2) is 17.2. The summed E-state index contributed by atoms with van der Waals surface area (Å²) in [6.07, 6.45) is 4.82. The van der Waals surface area contributed by atoms with Crippen LogP contribution >= 0.6 is 0 Å². The van der Waals surface area contributed by atoms with Gasteiger partial charge in [0, 0.05) is 32.8 Å². The first-order chi connectivity index (χ1) is 27.5. The Morgan fingerprint density at radius 1 is 0.536 bits per heavy atom. The molecule has 1 heterocycles. The molecule has 0 spiro atoms. The van der Waals surface area contributed by atoms with E-state index in [0.717, 1.165) is 78.0 Å². The third-order valence-corrected chi connectivity index (χ3v) is 10.1. The van der Waals surface area contributed by atoms with Crippen molar-refractivity contribution in [2.24, 2.45) is 4.99 Å². The predicted molar refractivity (Wildman–Crippen MR) is 243 cm³/mol. The van der Waals surface area contributed by atoms with Crippen molar-refractivity contribution in [3.05, 3.63) is 193 Å². The van der Waals surface area contributed by atoms with Gasteiger partial charge in [-0.2, -0.15) is 0 Å². The monoisotopic (exact) mass is 728 g/mol. The maximum absolute atomic E-state index is 6.84. The summed E-state index contributed by atoms with van der Waals surface area (Å²) in [5.74, 6) is 0. The Balaban J connectivity index is 0.000000755. The van der Waals surface area contributed by atoms with E-state index in [9.17, 15) is 0 Å². The zero-order valence-corrected chi connectivity index (χ0v) is 32.9. The van der Waals surface area contributed by atoms with E-state index in [1.54, 1.807) is 0 Å². The summed E-state index contributed by atoms with van der Waals surface area (Å²) >= 11 is 0. The molecule has 9 rings (SSSR count). The molecule has 0 fully saturated rings. The van der Waals surface area contributed by atoms with Crippen molar-refractivity contribution in [2.45, 2.75) is 41.0 Å². The maximum Gasteiger partial charge on any atom is 0.143 e. The lowest BCUT2D eigenvalue weighted by molar-refractivity contribution is 0.670. The molecule has 0 amide bonds. The molecule has 3 heteroatoms.